The van der Waals surface area contributed by atoms with Gasteiger partial charge in [-0.1, -0.05) is 109 Å². The Hall–Kier alpha value is -7.39. The Balaban J connectivity index is 7.16. The van der Waals surface area contributed by atoms with Crippen LogP contribution in [0.25, 0.3) is 0 Å². The SMILES string of the molecule is C/C=C/C[C@@H](C)[C@H](OC(C)=O)[C@H](C(=O)N[C@H](CC)C(=O)N(C)CCO)N(C)C(=O)[C@@H](C(C)C)N(C)C(=O)[C@H](CC(C)C)N(C)C(=O)[C@H](CC(C)C)N(C)C(=O)[C@H](C)NC(=O)[C@H](C)NC(=O)[C@@H](CC(C)C)N(C)C(=O)[C@@H](NC(=O)[C@@H](C(C)C)N(CC)C(=O)[C@H](C)N(C)C(=O)OC(C)(C)C)C(C)C. The van der Waals surface area contributed by atoms with Crippen LogP contribution in [0.5, 0.6) is 0 Å². The summed E-state index contributed by atoms with van der Waals surface area (Å²) >= 11 is 0. The lowest BCUT2D eigenvalue weighted by atomic mass is 9.91. The van der Waals surface area contributed by atoms with Gasteiger partial charge in [0, 0.05) is 69.3 Å². The average Bonchev–Trinajstić information content (AvgIpc) is 0.802. The molecule has 0 aliphatic carbocycles. The largest absolute Gasteiger partial charge is 0.459 e. The number of hydrogen-bond acceptors (Lipinski definition) is 16. The van der Waals surface area contributed by atoms with Crippen LogP contribution in [-0.4, -0.2) is 269 Å². The van der Waals surface area contributed by atoms with E-state index in [1.165, 1.54) is 106 Å². The molecule has 0 saturated carbocycles. The van der Waals surface area contributed by atoms with Crippen molar-refractivity contribution in [2.24, 2.45) is 41.4 Å². The number of carbonyl (C=O) groups is 13. The van der Waals surface area contributed by atoms with Crippen molar-refractivity contribution >= 4 is 77.0 Å². The normalized spacial score (nSPS) is 15.7. The lowest BCUT2D eigenvalue weighted by molar-refractivity contribution is -0.164. The summed E-state index contributed by atoms with van der Waals surface area (Å²) in [6, 6.07) is -13.3. The van der Waals surface area contributed by atoms with E-state index in [4.69, 9.17) is 9.47 Å². The molecule has 0 spiro atoms. The molecule has 101 heavy (non-hydrogen) atoms. The van der Waals surface area contributed by atoms with E-state index in [2.05, 4.69) is 21.3 Å². The average molecular weight is 1430 g/mol. The van der Waals surface area contributed by atoms with Crippen LogP contribution in [0.2, 0.25) is 0 Å². The molecule has 580 valence electrons. The first-order chi connectivity index (χ1) is 46.5. The number of hydrogen-bond donors (Lipinski definition) is 5. The molecule has 0 aromatic carbocycles. The number of allylic oxidation sites excluding steroid dienone is 2. The third-order valence-corrected chi connectivity index (χ3v) is 18.0. The predicted molar refractivity (Wildman–Crippen MR) is 389 cm³/mol. The highest BCUT2D eigenvalue weighted by Crippen LogP contribution is 2.27. The summed E-state index contributed by atoms with van der Waals surface area (Å²) in [7, 11) is 9.99. The van der Waals surface area contributed by atoms with Crippen LogP contribution in [0.1, 0.15) is 191 Å². The number of nitrogens with zero attached hydrogens (tertiary/aromatic N) is 8. The molecule has 0 aliphatic rings. The summed E-state index contributed by atoms with van der Waals surface area (Å²) in [6.07, 6.45) is 2.46. The van der Waals surface area contributed by atoms with E-state index in [0.29, 0.717) is 6.42 Å². The molecule has 0 aliphatic heterocycles. The molecule has 0 rings (SSSR count). The Morgan fingerprint density at radius 1 is 0.475 bits per heavy atom. The molecule has 12 amide bonds. The number of ether oxygens (including phenoxy) is 2. The van der Waals surface area contributed by atoms with Gasteiger partial charge >= 0.3 is 12.1 Å². The van der Waals surface area contributed by atoms with Crippen LogP contribution in [0.4, 0.5) is 4.79 Å². The molecule has 13 atom stereocenters. The Bertz CT molecular complexity index is 2800. The van der Waals surface area contributed by atoms with Gasteiger partial charge in [0.25, 0.3) is 0 Å². The number of esters is 1. The fraction of sp³-hybridized carbons (Fsp3) is 0.795. The van der Waals surface area contributed by atoms with E-state index in [1.807, 2.05) is 47.6 Å². The molecule has 0 fully saturated rings. The van der Waals surface area contributed by atoms with Gasteiger partial charge < -0.3 is 70.1 Å². The van der Waals surface area contributed by atoms with Crippen molar-refractivity contribution in [2.45, 2.75) is 270 Å². The van der Waals surface area contributed by atoms with E-state index < -0.39 is 179 Å². The molecule has 5 N–H and O–H groups in total. The third-order valence-electron chi connectivity index (χ3n) is 18.0. The lowest BCUT2D eigenvalue weighted by Gasteiger charge is -2.42. The molecule has 28 heteroatoms. The van der Waals surface area contributed by atoms with Crippen molar-refractivity contribution < 1.29 is 76.9 Å². The molecular formula is C73H132N12O16. The molecule has 0 unspecified atom stereocenters. The summed E-state index contributed by atoms with van der Waals surface area (Å²) in [5.74, 6) is -10.6. The molecule has 0 bridgehead atoms. The Morgan fingerprint density at radius 2 is 0.921 bits per heavy atom. The zero-order chi connectivity index (χ0) is 78.9. The summed E-state index contributed by atoms with van der Waals surface area (Å²) in [6.45, 7) is 38.9. The van der Waals surface area contributed by atoms with Crippen molar-refractivity contribution in [3.8, 4) is 0 Å². The maximum atomic E-state index is 15.3. The first kappa shape index (κ1) is 93.6. The van der Waals surface area contributed by atoms with Crippen molar-refractivity contribution in [3.63, 3.8) is 0 Å². The van der Waals surface area contributed by atoms with E-state index in [1.54, 1.807) is 96.1 Å². The van der Waals surface area contributed by atoms with Gasteiger partial charge in [0.1, 0.15) is 78.2 Å². The molecule has 0 radical (unpaired) electrons. The molecule has 28 nitrogen and oxygen atoms in total. The topological polar surface area (TPSA) is 335 Å². The summed E-state index contributed by atoms with van der Waals surface area (Å²) in [5, 5.41) is 20.6. The lowest BCUT2D eigenvalue weighted by Crippen LogP contribution is -2.64. The Labute approximate surface area is 604 Å². The second-order valence-corrected chi connectivity index (χ2v) is 30.4. The Morgan fingerprint density at radius 3 is 1.35 bits per heavy atom. The number of nitrogens with one attached hydrogen (secondary N) is 4. The van der Waals surface area contributed by atoms with Gasteiger partial charge in [-0.05, 0) is 129 Å². The van der Waals surface area contributed by atoms with E-state index in [-0.39, 0.29) is 63.1 Å². The van der Waals surface area contributed by atoms with Gasteiger partial charge in [-0.2, -0.15) is 0 Å². The second kappa shape index (κ2) is 42.9. The number of likely N-dealkylation sites (N-methyl/N-ethyl adjacent to an activating group) is 8. The minimum absolute atomic E-state index is 0.0104. The van der Waals surface area contributed by atoms with Crippen LogP contribution >= 0.6 is 0 Å². The summed E-state index contributed by atoms with van der Waals surface area (Å²) in [4.78, 5) is 196. The molecule has 0 saturated heterocycles. The van der Waals surface area contributed by atoms with Crippen LogP contribution in [-0.2, 0) is 67.0 Å². The quantitative estimate of drug-likeness (QED) is 0.0395. The second-order valence-electron chi connectivity index (χ2n) is 30.4. The van der Waals surface area contributed by atoms with Gasteiger partial charge in [0.05, 0.1) is 6.61 Å². The highest BCUT2D eigenvalue weighted by atomic mass is 16.6. The zero-order valence-corrected chi connectivity index (χ0v) is 66.9. The molecular weight excluding hydrogens is 1300 g/mol. The zero-order valence-electron chi connectivity index (χ0n) is 66.9. The van der Waals surface area contributed by atoms with E-state index in [0.717, 1.165) is 9.80 Å². The predicted octanol–water partition coefficient (Wildman–Crippen LogP) is 5.07. The first-order valence-electron chi connectivity index (χ1n) is 35.9. The van der Waals surface area contributed by atoms with Crippen molar-refractivity contribution in [1.82, 2.24) is 60.5 Å². The smallest absolute Gasteiger partial charge is 0.410 e. The minimum atomic E-state index is -1.53. The highest BCUT2D eigenvalue weighted by molar-refractivity contribution is 5.99. The van der Waals surface area contributed by atoms with Gasteiger partial charge in [0.15, 0.2) is 0 Å². The standard InChI is InChI=1S/C73H132N12O16/c1-31-34-35-47(16)60(100-51(20)87)59(64(91)76-52(32-2)67(94)78(24)36-37-86)84(30)71(98)58(46(14)15)83(29)69(96)55(40-43(8)9)82(28)68(95)54(39-42(6)7)81(27)65(92)49(18)75-61(88)48(17)74-62(89)53(38-41(4)5)80(26)70(97)56(44(10)11)77-63(90)57(45(12)13)85(33-3)66(93)50(19)79(25)72(99)101-73(21,22)23/h31,34,41-50,52-60,86H,32-33,35-40H2,1-30H3,(H,74,89)(H,75,88)(H,76,91)(H,77,90)/b34-31+/t47-,48+,49+,50+,52-,53-,54+,55+,56+,57-,58-,59-,60+/m1/s1. The first-order valence-corrected chi connectivity index (χ1v) is 35.9. The van der Waals surface area contributed by atoms with Gasteiger partial charge in [-0.25, -0.2) is 4.79 Å². The fourth-order valence-electron chi connectivity index (χ4n) is 12.0. The summed E-state index contributed by atoms with van der Waals surface area (Å²) < 4.78 is 11.4. The number of rotatable bonds is 40. The van der Waals surface area contributed by atoms with Crippen molar-refractivity contribution in [2.75, 3.05) is 69.0 Å². The van der Waals surface area contributed by atoms with E-state index in [9.17, 15) is 53.1 Å². The van der Waals surface area contributed by atoms with Crippen LogP contribution in [0, 0.1) is 41.4 Å². The van der Waals surface area contributed by atoms with Gasteiger partial charge in [-0.15, -0.1) is 0 Å². The number of aliphatic hydroxyl groups excluding tert-OH is 1. The molecule has 0 heterocycles. The number of amides is 12. The summed E-state index contributed by atoms with van der Waals surface area (Å²) in [5.41, 5.74) is -0.827. The Kier molecular flexibility index (Phi) is 39.8. The minimum Gasteiger partial charge on any atom is -0.459 e. The fourth-order valence-corrected chi connectivity index (χ4v) is 12.0. The molecule has 0 aromatic heterocycles. The number of aliphatic hydroxyl groups is 1. The molecule has 0 aromatic rings. The van der Waals surface area contributed by atoms with Crippen molar-refractivity contribution in [1.29, 1.82) is 0 Å². The monoisotopic (exact) mass is 1430 g/mol. The highest BCUT2D eigenvalue weighted by Gasteiger charge is 2.47. The van der Waals surface area contributed by atoms with Gasteiger partial charge in [-0.3, -0.25) is 62.4 Å². The third kappa shape index (κ3) is 28.1. The van der Waals surface area contributed by atoms with Crippen LogP contribution in [0.3, 0.4) is 0 Å². The maximum absolute atomic E-state index is 15.3. The maximum Gasteiger partial charge on any atom is 0.410 e. The van der Waals surface area contributed by atoms with Crippen LogP contribution < -0.4 is 21.3 Å². The van der Waals surface area contributed by atoms with E-state index >= 15 is 14.4 Å². The van der Waals surface area contributed by atoms with Crippen LogP contribution in [0.15, 0.2) is 12.2 Å². The van der Waals surface area contributed by atoms with Gasteiger partial charge in [0.2, 0.25) is 65.0 Å². The van der Waals surface area contributed by atoms with Crippen molar-refractivity contribution in [3.05, 3.63) is 12.2 Å². The number of carbonyl (C=O) groups excluding carboxylic acids is 13.